The van der Waals surface area contributed by atoms with Gasteiger partial charge < -0.3 is 14.4 Å². The second kappa shape index (κ2) is 8.43. The number of nitrogens with zero attached hydrogens (tertiary/aromatic N) is 6. The summed E-state index contributed by atoms with van der Waals surface area (Å²) in [6.07, 6.45) is 4.46. The Bertz CT molecular complexity index is 1060. The lowest BCUT2D eigenvalue weighted by molar-refractivity contribution is 0.0182. The van der Waals surface area contributed by atoms with Crippen molar-refractivity contribution in [1.82, 2.24) is 29.5 Å². The first kappa shape index (κ1) is 21.8. The maximum absolute atomic E-state index is 12.6. The minimum absolute atomic E-state index is 0.224. The number of methoxy groups -OCH3 is 1. The maximum Gasteiger partial charge on any atom is 0.410 e. The zero-order chi connectivity index (χ0) is 22.1. The Balaban J connectivity index is 2.01. The average Bonchev–Trinajstić information content (AvgIpc) is 3.15. The van der Waals surface area contributed by atoms with Gasteiger partial charge in [0.2, 0.25) is 0 Å². The molecule has 9 nitrogen and oxygen atoms in total. The molecule has 0 aliphatic rings. The van der Waals surface area contributed by atoms with E-state index in [2.05, 4.69) is 20.1 Å². The first-order valence-corrected chi connectivity index (χ1v) is 9.93. The molecule has 0 aromatic carbocycles. The molecular formula is C20H25ClN6O3. The lowest BCUT2D eigenvalue weighted by Gasteiger charge is -2.30. The second-order valence-corrected chi connectivity index (χ2v) is 8.03. The summed E-state index contributed by atoms with van der Waals surface area (Å²) >= 11 is 6.27. The highest BCUT2D eigenvalue weighted by atomic mass is 35.5. The zero-order valence-corrected chi connectivity index (χ0v) is 18.6. The molecule has 0 unspecified atom stereocenters. The number of hydrogen-bond donors (Lipinski definition) is 0. The smallest absolute Gasteiger partial charge is 0.410 e. The largest absolute Gasteiger partial charge is 0.494 e. The minimum Gasteiger partial charge on any atom is -0.494 e. The van der Waals surface area contributed by atoms with Crippen molar-refractivity contribution in [2.75, 3.05) is 13.7 Å². The van der Waals surface area contributed by atoms with Gasteiger partial charge in [0.1, 0.15) is 11.4 Å². The molecule has 0 spiro atoms. The van der Waals surface area contributed by atoms with Gasteiger partial charge in [-0.05, 0) is 40.7 Å². The van der Waals surface area contributed by atoms with Crippen molar-refractivity contribution in [2.45, 2.75) is 46.3 Å². The van der Waals surface area contributed by atoms with E-state index in [1.165, 1.54) is 0 Å². The summed E-state index contributed by atoms with van der Waals surface area (Å²) < 4.78 is 12.5. The van der Waals surface area contributed by atoms with Crippen molar-refractivity contribution in [2.24, 2.45) is 0 Å². The summed E-state index contributed by atoms with van der Waals surface area (Å²) in [7, 11) is 1.54. The van der Waals surface area contributed by atoms with Crippen LogP contribution in [0, 0.1) is 0 Å². The summed E-state index contributed by atoms with van der Waals surface area (Å²) in [6, 6.07) is 1.45. The molecule has 1 amide bonds. The summed E-state index contributed by atoms with van der Waals surface area (Å²) in [5.41, 5.74) is 1.12. The Hall–Kier alpha value is -2.94. The number of ether oxygens (including phenoxy) is 2. The molecule has 3 heterocycles. The highest BCUT2D eigenvalue weighted by molar-refractivity contribution is 6.32. The van der Waals surface area contributed by atoms with Gasteiger partial charge in [0, 0.05) is 18.9 Å². The third kappa shape index (κ3) is 4.46. The first-order chi connectivity index (χ1) is 14.1. The second-order valence-electron chi connectivity index (χ2n) is 7.67. The summed E-state index contributed by atoms with van der Waals surface area (Å²) in [4.78, 5) is 27.2. The van der Waals surface area contributed by atoms with Gasteiger partial charge in [-0.15, -0.1) is 5.10 Å². The van der Waals surface area contributed by atoms with Crippen LogP contribution >= 0.6 is 11.6 Å². The molecule has 160 valence electrons. The van der Waals surface area contributed by atoms with Crippen LogP contribution in [0.25, 0.3) is 17.0 Å². The van der Waals surface area contributed by atoms with E-state index >= 15 is 0 Å². The Morgan fingerprint density at radius 1 is 1.33 bits per heavy atom. The fourth-order valence-electron chi connectivity index (χ4n) is 2.97. The molecular weight excluding hydrogens is 408 g/mol. The predicted octanol–water partition coefficient (Wildman–Crippen LogP) is 4.17. The Labute approximate surface area is 180 Å². The van der Waals surface area contributed by atoms with E-state index in [9.17, 15) is 4.79 Å². The van der Waals surface area contributed by atoms with Gasteiger partial charge in [-0.25, -0.2) is 19.3 Å². The van der Waals surface area contributed by atoms with Gasteiger partial charge >= 0.3 is 6.09 Å². The van der Waals surface area contributed by atoms with E-state index in [-0.39, 0.29) is 11.2 Å². The van der Waals surface area contributed by atoms with E-state index in [0.29, 0.717) is 35.0 Å². The van der Waals surface area contributed by atoms with Crippen LogP contribution in [-0.2, 0) is 4.74 Å². The van der Waals surface area contributed by atoms with Crippen molar-refractivity contribution in [3.8, 4) is 17.1 Å². The maximum atomic E-state index is 12.6. The highest BCUT2D eigenvalue weighted by Crippen LogP contribution is 2.31. The van der Waals surface area contributed by atoms with Gasteiger partial charge in [0.05, 0.1) is 30.6 Å². The molecule has 3 rings (SSSR count). The Kier molecular flexibility index (Phi) is 6.12. The molecule has 0 fully saturated rings. The zero-order valence-electron chi connectivity index (χ0n) is 17.9. The lowest BCUT2D eigenvalue weighted by Crippen LogP contribution is -2.38. The molecule has 3 aromatic rings. The molecule has 0 radical (unpaired) electrons. The van der Waals surface area contributed by atoms with Crippen LogP contribution in [-0.4, -0.2) is 54.8 Å². The highest BCUT2D eigenvalue weighted by Gasteiger charge is 2.27. The minimum atomic E-state index is -0.590. The summed E-state index contributed by atoms with van der Waals surface area (Å²) in [5.74, 6) is 0.848. The van der Waals surface area contributed by atoms with Crippen LogP contribution in [0.2, 0.25) is 5.15 Å². The average molecular weight is 433 g/mol. The quantitative estimate of drug-likeness (QED) is 0.597. The van der Waals surface area contributed by atoms with E-state index in [4.69, 9.17) is 21.1 Å². The van der Waals surface area contributed by atoms with Crippen LogP contribution in [0.1, 0.15) is 46.4 Å². The number of fused-ring (bicyclic) bond motifs is 1. The van der Waals surface area contributed by atoms with Crippen molar-refractivity contribution < 1.29 is 14.3 Å². The molecule has 0 aliphatic carbocycles. The Morgan fingerprint density at radius 3 is 2.70 bits per heavy atom. The first-order valence-electron chi connectivity index (χ1n) is 9.55. The van der Waals surface area contributed by atoms with Gasteiger partial charge in [-0.2, -0.15) is 0 Å². The summed E-state index contributed by atoms with van der Waals surface area (Å²) in [6.45, 7) is 9.74. The van der Waals surface area contributed by atoms with Gasteiger partial charge in [0.15, 0.2) is 16.6 Å². The van der Waals surface area contributed by atoms with Crippen LogP contribution < -0.4 is 4.74 Å². The predicted molar refractivity (Wildman–Crippen MR) is 113 cm³/mol. The van der Waals surface area contributed by atoms with Crippen molar-refractivity contribution in [3.63, 3.8) is 0 Å². The van der Waals surface area contributed by atoms with Gasteiger partial charge in [-0.3, -0.25) is 4.98 Å². The Morgan fingerprint density at radius 2 is 2.07 bits per heavy atom. The van der Waals surface area contributed by atoms with Crippen LogP contribution in [0.3, 0.4) is 0 Å². The monoisotopic (exact) mass is 432 g/mol. The van der Waals surface area contributed by atoms with Crippen LogP contribution in [0.5, 0.6) is 5.75 Å². The molecule has 1 atom stereocenters. The van der Waals surface area contributed by atoms with Crippen molar-refractivity contribution in [3.05, 3.63) is 35.5 Å². The third-order valence-corrected chi connectivity index (χ3v) is 4.68. The van der Waals surface area contributed by atoms with Crippen molar-refractivity contribution in [1.29, 1.82) is 0 Å². The van der Waals surface area contributed by atoms with E-state index in [1.54, 1.807) is 41.2 Å². The standard InChI is InChI=1S/C20H25ClN6O3/c1-7-26(19(28)30-20(3,4)5)12(2)14-10-13(15(29-6)11-23-14)17-24-16(21)18-22-8-9-27(18)25-17/h8-12H,7H2,1-6H3/t12-/m1/s1. The van der Waals surface area contributed by atoms with Crippen LogP contribution in [0.4, 0.5) is 4.79 Å². The van der Waals surface area contributed by atoms with E-state index in [1.807, 2.05) is 34.6 Å². The van der Waals surface area contributed by atoms with E-state index < -0.39 is 11.7 Å². The number of amides is 1. The molecule has 0 aliphatic heterocycles. The molecule has 10 heteroatoms. The van der Waals surface area contributed by atoms with Crippen LogP contribution in [0.15, 0.2) is 24.7 Å². The molecule has 30 heavy (non-hydrogen) atoms. The fourth-order valence-corrected chi connectivity index (χ4v) is 3.19. The number of halogens is 1. The fraction of sp³-hybridized carbons (Fsp3) is 0.450. The van der Waals surface area contributed by atoms with Gasteiger partial charge in [-0.1, -0.05) is 11.6 Å². The molecule has 0 bridgehead atoms. The number of rotatable bonds is 5. The number of carbonyl (C=O) groups is 1. The lowest BCUT2D eigenvalue weighted by atomic mass is 10.1. The topological polar surface area (TPSA) is 94.7 Å². The molecule has 3 aromatic heterocycles. The molecule has 0 saturated carbocycles. The molecule has 0 saturated heterocycles. The van der Waals surface area contributed by atoms with Crippen molar-refractivity contribution >= 4 is 23.3 Å². The number of pyridine rings is 1. The number of aromatic nitrogens is 5. The molecule has 0 N–H and O–H groups in total. The number of hydrogen-bond acceptors (Lipinski definition) is 7. The summed E-state index contributed by atoms with van der Waals surface area (Å²) in [5, 5.41) is 4.69. The normalized spacial score (nSPS) is 12.6. The third-order valence-electron chi connectivity index (χ3n) is 4.43. The number of carbonyl (C=O) groups excluding carboxylic acids is 1. The number of imidazole rings is 1. The SMILES string of the molecule is CCN(C(=O)OC(C)(C)C)[C@H](C)c1cc(-c2nc(Cl)c3nccn3n2)c(OC)cn1. The van der Waals surface area contributed by atoms with Gasteiger partial charge in [0.25, 0.3) is 0 Å². The van der Waals surface area contributed by atoms with E-state index in [0.717, 1.165) is 0 Å².